The Morgan fingerprint density at radius 2 is 2.06 bits per heavy atom. The number of likely N-dealkylation sites (N-methyl/N-ethyl adjacent to an activating group) is 1. The second kappa shape index (κ2) is 7.16. The fourth-order valence-corrected chi connectivity index (χ4v) is 2.34. The zero-order valence-corrected chi connectivity index (χ0v) is 12.7. The van der Waals surface area contributed by atoms with Crippen LogP contribution >= 0.6 is 36.3 Å². The lowest BCUT2D eigenvalue weighted by Gasteiger charge is -2.21. The molecule has 4 nitrogen and oxygen atoms in total. The first-order valence-electron chi connectivity index (χ1n) is 5.06. The Bertz CT molecular complexity index is 378. The Morgan fingerprint density at radius 3 is 2.59 bits per heavy atom. The Kier molecular flexibility index (Phi) is 7.01. The molecule has 17 heavy (non-hydrogen) atoms. The van der Waals surface area contributed by atoms with E-state index in [1.807, 2.05) is 19.0 Å². The summed E-state index contributed by atoms with van der Waals surface area (Å²) in [5, 5.41) is 1.06. The molecule has 0 bridgehead atoms. The molecule has 0 aromatic carbocycles. The van der Waals surface area contributed by atoms with Gasteiger partial charge in [-0.25, -0.2) is 0 Å². The van der Waals surface area contributed by atoms with Gasteiger partial charge in [-0.05, 0) is 30.6 Å². The Morgan fingerprint density at radius 1 is 1.35 bits per heavy atom. The summed E-state index contributed by atoms with van der Waals surface area (Å²) in [6, 6.07) is 0. The first-order chi connectivity index (χ1) is 7.16. The average molecular weight is 297 g/mol. The molecule has 0 fully saturated rings. The molecule has 7 heteroatoms. The number of halogens is 2. The fraction of sp³-hybridized carbons (Fsp3) is 0.600. The van der Waals surface area contributed by atoms with Gasteiger partial charge in [0.2, 0.25) is 5.95 Å². The molecule has 0 atom stereocenters. The van der Waals surface area contributed by atoms with Crippen LogP contribution in [-0.2, 0) is 0 Å². The Balaban J connectivity index is 0.00000128. The summed E-state index contributed by atoms with van der Waals surface area (Å²) in [7, 11) is 6.07. The zero-order chi connectivity index (χ0) is 10.8. The molecule has 0 aliphatic carbocycles. The number of anilines is 1. The normalized spacial score (nSPS) is 15.6. The minimum absolute atomic E-state index is 0. The van der Waals surface area contributed by atoms with Crippen molar-refractivity contribution in [1.82, 2.24) is 14.3 Å². The van der Waals surface area contributed by atoms with Crippen molar-refractivity contribution in [3.05, 3.63) is 11.1 Å². The summed E-state index contributed by atoms with van der Waals surface area (Å²) in [6.45, 7) is 2.13. The van der Waals surface area contributed by atoms with Gasteiger partial charge >= 0.3 is 0 Å². The van der Waals surface area contributed by atoms with Crippen molar-refractivity contribution < 1.29 is 0 Å². The van der Waals surface area contributed by atoms with Crippen LogP contribution in [0.15, 0.2) is 6.08 Å². The van der Waals surface area contributed by atoms with Crippen molar-refractivity contribution in [1.29, 1.82) is 0 Å². The first-order valence-corrected chi connectivity index (χ1v) is 5.83. The van der Waals surface area contributed by atoms with Gasteiger partial charge in [0.25, 0.3) is 0 Å². The number of hydrogen-bond donors (Lipinski definition) is 0. The standard InChI is InChI=1S/C10H16N4S.2ClH/c1-13(2)10-11-9(15-12-10)8-5-4-6-14(3)7-8;;/h5H,4,6-7H2,1-3H3;2*1H. The smallest absolute Gasteiger partial charge is 0.237 e. The molecule has 0 N–H and O–H groups in total. The van der Waals surface area contributed by atoms with E-state index in [0.717, 1.165) is 30.5 Å². The van der Waals surface area contributed by atoms with Crippen molar-refractivity contribution in [3.8, 4) is 0 Å². The average Bonchev–Trinajstić information content (AvgIpc) is 2.66. The molecular formula is C10H18Cl2N4S. The minimum atomic E-state index is 0. The number of nitrogens with zero attached hydrogens (tertiary/aromatic N) is 4. The molecule has 0 saturated heterocycles. The maximum absolute atomic E-state index is 4.51. The molecule has 2 heterocycles. The van der Waals surface area contributed by atoms with Gasteiger partial charge in [0.1, 0.15) is 5.01 Å². The Labute approximate surface area is 119 Å². The van der Waals surface area contributed by atoms with Crippen molar-refractivity contribution in [2.24, 2.45) is 0 Å². The molecule has 2 rings (SSSR count). The van der Waals surface area contributed by atoms with Gasteiger partial charge in [-0.1, -0.05) is 6.08 Å². The highest BCUT2D eigenvalue weighted by atomic mass is 35.5. The van der Waals surface area contributed by atoms with Crippen LogP contribution in [0.2, 0.25) is 0 Å². The minimum Gasteiger partial charge on any atom is -0.346 e. The van der Waals surface area contributed by atoms with E-state index in [2.05, 4.69) is 27.4 Å². The summed E-state index contributed by atoms with van der Waals surface area (Å²) in [5.74, 6) is 0.809. The van der Waals surface area contributed by atoms with E-state index < -0.39 is 0 Å². The second-order valence-electron chi connectivity index (χ2n) is 4.05. The van der Waals surface area contributed by atoms with Crippen molar-refractivity contribution in [3.63, 3.8) is 0 Å². The lowest BCUT2D eigenvalue weighted by molar-refractivity contribution is 0.373. The molecular weight excluding hydrogens is 279 g/mol. The quantitative estimate of drug-likeness (QED) is 0.837. The van der Waals surface area contributed by atoms with Crippen LogP contribution in [0, 0.1) is 0 Å². The third-order valence-corrected chi connectivity index (χ3v) is 3.21. The summed E-state index contributed by atoms with van der Waals surface area (Å²) >= 11 is 1.49. The highest BCUT2D eigenvalue weighted by Crippen LogP contribution is 2.23. The van der Waals surface area contributed by atoms with E-state index >= 15 is 0 Å². The van der Waals surface area contributed by atoms with Crippen LogP contribution in [-0.4, -0.2) is 48.5 Å². The SMILES string of the molecule is CN1CCC=C(c2nc(N(C)C)ns2)C1.Cl.Cl. The van der Waals surface area contributed by atoms with Gasteiger partial charge in [-0.2, -0.15) is 9.36 Å². The van der Waals surface area contributed by atoms with Crippen LogP contribution in [0.4, 0.5) is 5.95 Å². The fourth-order valence-electron chi connectivity index (χ4n) is 1.58. The number of aromatic nitrogens is 2. The van der Waals surface area contributed by atoms with Gasteiger partial charge in [0.05, 0.1) is 0 Å². The lowest BCUT2D eigenvalue weighted by atomic mass is 10.1. The predicted molar refractivity (Wildman–Crippen MR) is 78.8 cm³/mol. The molecule has 98 valence electrons. The van der Waals surface area contributed by atoms with E-state index in [9.17, 15) is 0 Å². The van der Waals surface area contributed by atoms with Crippen LogP contribution in [0.5, 0.6) is 0 Å². The predicted octanol–water partition coefficient (Wildman–Crippen LogP) is 2.17. The second-order valence-corrected chi connectivity index (χ2v) is 4.80. The molecule has 1 aliphatic heterocycles. The molecule has 1 aliphatic rings. The summed E-state index contributed by atoms with van der Waals surface area (Å²) in [4.78, 5) is 8.76. The van der Waals surface area contributed by atoms with Crippen molar-refractivity contribution >= 4 is 47.9 Å². The number of rotatable bonds is 2. The molecule has 1 aromatic heterocycles. The third-order valence-electron chi connectivity index (χ3n) is 2.43. The van der Waals surface area contributed by atoms with Crippen LogP contribution in [0.1, 0.15) is 11.4 Å². The van der Waals surface area contributed by atoms with E-state index in [-0.39, 0.29) is 24.8 Å². The van der Waals surface area contributed by atoms with Crippen LogP contribution in [0.25, 0.3) is 5.57 Å². The monoisotopic (exact) mass is 296 g/mol. The van der Waals surface area contributed by atoms with Crippen molar-refractivity contribution in [2.45, 2.75) is 6.42 Å². The Hall–Kier alpha value is -0.360. The first kappa shape index (κ1) is 16.6. The van der Waals surface area contributed by atoms with Crippen LogP contribution in [0.3, 0.4) is 0 Å². The summed E-state index contributed by atoms with van der Waals surface area (Å²) in [6.07, 6.45) is 3.39. The van der Waals surface area contributed by atoms with E-state index in [1.54, 1.807) is 0 Å². The van der Waals surface area contributed by atoms with Gasteiger partial charge in [0, 0.05) is 27.2 Å². The zero-order valence-electron chi connectivity index (χ0n) is 10.2. The number of hydrogen-bond acceptors (Lipinski definition) is 5. The van der Waals surface area contributed by atoms with Crippen LogP contribution < -0.4 is 4.90 Å². The highest BCUT2D eigenvalue weighted by molar-refractivity contribution is 7.06. The molecule has 1 aromatic rings. The maximum atomic E-state index is 4.51. The van der Waals surface area contributed by atoms with Gasteiger partial charge in [-0.15, -0.1) is 24.8 Å². The highest BCUT2D eigenvalue weighted by Gasteiger charge is 2.14. The van der Waals surface area contributed by atoms with E-state index in [1.165, 1.54) is 17.1 Å². The maximum Gasteiger partial charge on any atom is 0.237 e. The molecule has 0 amide bonds. The van der Waals surface area contributed by atoms with E-state index in [4.69, 9.17) is 0 Å². The van der Waals surface area contributed by atoms with Gasteiger partial charge < -0.3 is 9.80 Å². The van der Waals surface area contributed by atoms with Gasteiger partial charge in [-0.3, -0.25) is 0 Å². The molecule has 0 spiro atoms. The molecule has 0 unspecified atom stereocenters. The third kappa shape index (κ3) is 4.10. The van der Waals surface area contributed by atoms with Gasteiger partial charge in [0.15, 0.2) is 0 Å². The van der Waals surface area contributed by atoms with Crippen molar-refractivity contribution in [2.75, 3.05) is 39.1 Å². The van der Waals surface area contributed by atoms with E-state index in [0.29, 0.717) is 0 Å². The molecule has 0 radical (unpaired) electrons. The molecule has 0 saturated carbocycles. The topological polar surface area (TPSA) is 32.3 Å². The summed E-state index contributed by atoms with van der Waals surface area (Å²) < 4.78 is 4.31. The largest absolute Gasteiger partial charge is 0.346 e. The summed E-state index contributed by atoms with van der Waals surface area (Å²) in [5.41, 5.74) is 1.31. The lowest BCUT2D eigenvalue weighted by Crippen LogP contribution is -2.24.